The zero-order valence-electron chi connectivity index (χ0n) is 14.1. The van der Waals surface area contributed by atoms with Gasteiger partial charge in [0.1, 0.15) is 6.10 Å². The Morgan fingerprint density at radius 3 is 2.32 bits per heavy atom. The first-order valence-corrected chi connectivity index (χ1v) is 8.66. The molecule has 126 valence electrons. The van der Waals surface area contributed by atoms with Crippen LogP contribution in [-0.4, -0.2) is 25.2 Å². The standard InChI is InChI=1S/C18H30O4/c1-3-4-5-6-7-8-9-10-11-12-16-13-15(18(20)22-16)14-17(19)21-2/h14,16H,3-13H2,1-2H3/b15-14+. The van der Waals surface area contributed by atoms with Gasteiger partial charge >= 0.3 is 11.9 Å². The van der Waals surface area contributed by atoms with Crippen LogP contribution in [0.25, 0.3) is 0 Å². The zero-order chi connectivity index (χ0) is 16.2. The number of rotatable bonds is 11. The van der Waals surface area contributed by atoms with E-state index in [9.17, 15) is 9.59 Å². The lowest BCUT2D eigenvalue weighted by Crippen LogP contribution is -2.06. The minimum absolute atomic E-state index is 0.0621. The first kappa shape index (κ1) is 18.7. The van der Waals surface area contributed by atoms with Crippen molar-refractivity contribution in [1.29, 1.82) is 0 Å². The fourth-order valence-electron chi connectivity index (χ4n) is 2.76. The first-order chi connectivity index (χ1) is 10.7. The molecule has 1 heterocycles. The average molecular weight is 310 g/mol. The molecule has 0 bridgehead atoms. The Hall–Kier alpha value is -1.32. The van der Waals surface area contributed by atoms with E-state index in [1.807, 2.05) is 0 Å². The molecule has 0 aliphatic carbocycles. The Balaban J connectivity index is 2.06. The predicted octanol–water partition coefficient (Wildman–Crippen LogP) is 4.32. The summed E-state index contributed by atoms with van der Waals surface area (Å²) in [6.07, 6.45) is 14.2. The number of cyclic esters (lactones) is 1. The molecule has 1 aliphatic rings. The first-order valence-electron chi connectivity index (χ1n) is 8.66. The molecule has 0 N–H and O–H groups in total. The Morgan fingerprint density at radius 1 is 1.14 bits per heavy atom. The van der Waals surface area contributed by atoms with Crippen LogP contribution in [0.15, 0.2) is 11.6 Å². The predicted molar refractivity (Wildman–Crippen MR) is 86.4 cm³/mol. The minimum atomic E-state index is -0.490. The Morgan fingerprint density at radius 2 is 1.73 bits per heavy atom. The summed E-state index contributed by atoms with van der Waals surface area (Å²) in [6.45, 7) is 2.24. The highest BCUT2D eigenvalue weighted by atomic mass is 16.6. The second-order valence-corrected chi connectivity index (χ2v) is 6.04. The highest BCUT2D eigenvalue weighted by Gasteiger charge is 2.29. The second-order valence-electron chi connectivity index (χ2n) is 6.04. The summed E-state index contributed by atoms with van der Waals surface area (Å²) in [4.78, 5) is 22.7. The summed E-state index contributed by atoms with van der Waals surface area (Å²) >= 11 is 0. The van der Waals surface area contributed by atoms with Crippen LogP contribution in [0.1, 0.15) is 77.6 Å². The fraction of sp³-hybridized carbons (Fsp3) is 0.778. The van der Waals surface area contributed by atoms with Gasteiger partial charge in [0.15, 0.2) is 0 Å². The van der Waals surface area contributed by atoms with Crippen molar-refractivity contribution in [3.8, 4) is 0 Å². The van der Waals surface area contributed by atoms with Crippen LogP contribution in [0.3, 0.4) is 0 Å². The van der Waals surface area contributed by atoms with Crippen LogP contribution in [0.5, 0.6) is 0 Å². The average Bonchev–Trinajstić information content (AvgIpc) is 2.85. The molecular weight excluding hydrogens is 280 g/mol. The number of methoxy groups -OCH3 is 1. The van der Waals surface area contributed by atoms with E-state index in [0.29, 0.717) is 12.0 Å². The van der Waals surface area contributed by atoms with Crippen LogP contribution in [-0.2, 0) is 19.1 Å². The summed E-state index contributed by atoms with van der Waals surface area (Å²) in [5.74, 6) is -0.859. The second kappa shape index (κ2) is 11.3. The molecule has 0 radical (unpaired) electrons. The van der Waals surface area contributed by atoms with Crippen molar-refractivity contribution in [3.63, 3.8) is 0 Å². The van der Waals surface area contributed by atoms with Gasteiger partial charge in [0.05, 0.1) is 7.11 Å². The monoisotopic (exact) mass is 310 g/mol. The number of unbranched alkanes of at least 4 members (excludes halogenated alkanes) is 8. The summed E-state index contributed by atoms with van der Waals surface area (Å²) < 4.78 is 9.81. The van der Waals surface area contributed by atoms with Crippen molar-refractivity contribution >= 4 is 11.9 Å². The van der Waals surface area contributed by atoms with Gasteiger partial charge in [0.25, 0.3) is 0 Å². The van der Waals surface area contributed by atoms with Crippen LogP contribution < -0.4 is 0 Å². The quantitative estimate of drug-likeness (QED) is 0.324. The number of ether oxygens (including phenoxy) is 2. The van der Waals surface area contributed by atoms with E-state index in [2.05, 4.69) is 11.7 Å². The molecule has 1 unspecified atom stereocenters. The van der Waals surface area contributed by atoms with Gasteiger partial charge in [-0.05, 0) is 12.8 Å². The van der Waals surface area contributed by atoms with Crippen LogP contribution in [0, 0.1) is 0 Å². The van der Waals surface area contributed by atoms with Gasteiger partial charge < -0.3 is 9.47 Å². The topological polar surface area (TPSA) is 52.6 Å². The lowest BCUT2D eigenvalue weighted by atomic mass is 10.0. The van der Waals surface area contributed by atoms with Gasteiger partial charge in [-0.15, -0.1) is 0 Å². The number of hydrogen-bond acceptors (Lipinski definition) is 4. The van der Waals surface area contributed by atoms with Crippen molar-refractivity contribution in [3.05, 3.63) is 11.6 Å². The van der Waals surface area contributed by atoms with E-state index >= 15 is 0 Å². The summed E-state index contributed by atoms with van der Waals surface area (Å²) in [7, 11) is 1.30. The van der Waals surface area contributed by atoms with E-state index in [4.69, 9.17) is 4.74 Å². The number of hydrogen-bond donors (Lipinski definition) is 0. The molecule has 1 atom stereocenters. The maximum absolute atomic E-state index is 11.6. The van der Waals surface area contributed by atoms with Crippen molar-refractivity contribution in [2.24, 2.45) is 0 Å². The van der Waals surface area contributed by atoms with Gasteiger partial charge in [-0.25, -0.2) is 9.59 Å². The highest BCUT2D eigenvalue weighted by molar-refractivity contribution is 5.97. The normalized spacial score (nSPS) is 19.5. The third-order valence-electron chi connectivity index (χ3n) is 4.11. The van der Waals surface area contributed by atoms with Crippen molar-refractivity contribution < 1.29 is 19.1 Å². The minimum Gasteiger partial charge on any atom is -0.466 e. The van der Waals surface area contributed by atoms with Crippen molar-refractivity contribution in [2.45, 2.75) is 83.7 Å². The Labute approximate surface area is 134 Å². The third kappa shape index (κ3) is 7.62. The molecule has 1 fully saturated rings. The number of esters is 2. The smallest absolute Gasteiger partial charge is 0.334 e. The number of carbonyl (C=O) groups is 2. The Kier molecular flexibility index (Phi) is 9.60. The third-order valence-corrected chi connectivity index (χ3v) is 4.11. The Bertz CT molecular complexity index is 373. The molecule has 1 saturated heterocycles. The largest absolute Gasteiger partial charge is 0.466 e. The van der Waals surface area contributed by atoms with Crippen molar-refractivity contribution in [2.75, 3.05) is 7.11 Å². The lowest BCUT2D eigenvalue weighted by molar-refractivity contribution is -0.140. The maximum Gasteiger partial charge on any atom is 0.334 e. The molecule has 0 saturated carbocycles. The van der Waals surface area contributed by atoms with Crippen LogP contribution >= 0.6 is 0 Å². The fourth-order valence-corrected chi connectivity index (χ4v) is 2.76. The van der Waals surface area contributed by atoms with Crippen LogP contribution in [0.2, 0.25) is 0 Å². The SMILES string of the molecule is CCCCCCCCCCCC1C/C(=C\C(=O)OC)C(=O)O1. The molecule has 0 amide bonds. The molecule has 4 heteroatoms. The van der Waals surface area contributed by atoms with E-state index in [-0.39, 0.29) is 12.1 Å². The highest BCUT2D eigenvalue weighted by Crippen LogP contribution is 2.24. The van der Waals surface area contributed by atoms with E-state index in [1.165, 1.54) is 64.6 Å². The summed E-state index contributed by atoms with van der Waals surface area (Å²) in [5.41, 5.74) is 0.438. The molecule has 1 aliphatic heterocycles. The molecular formula is C18H30O4. The van der Waals surface area contributed by atoms with Gasteiger partial charge in [-0.3, -0.25) is 0 Å². The zero-order valence-corrected chi connectivity index (χ0v) is 14.1. The van der Waals surface area contributed by atoms with Gasteiger partial charge in [-0.2, -0.15) is 0 Å². The van der Waals surface area contributed by atoms with E-state index < -0.39 is 5.97 Å². The lowest BCUT2D eigenvalue weighted by Gasteiger charge is -2.07. The molecule has 0 aromatic heterocycles. The van der Waals surface area contributed by atoms with E-state index in [0.717, 1.165) is 12.8 Å². The maximum atomic E-state index is 11.6. The van der Waals surface area contributed by atoms with Gasteiger partial charge in [-0.1, -0.05) is 58.3 Å². The molecule has 0 aromatic rings. The molecule has 0 aromatic carbocycles. The molecule has 1 rings (SSSR count). The van der Waals surface area contributed by atoms with E-state index in [1.54, 1.807) is 0 Å². The molecule has 22 heavy (non-hydrogen) atoms. The summed E-state index contributed by atoms with van der Waals surface area (Å²) in [5, 5.41) is 0. The summed E-state index contributed by atoms with van der Waals surface area (Å²) in [6, 6.07) is 0. The van der Waals surface area contributed by atoms with Gasteiger partial charge in [0.2, 0.25) is 0 Å². The van der Waals surface area contributed by atoms with Crippen molar-refractivity contribution in [1.82, 2.24) is 0 Å². The molecule has 4 nitrogen and oxygen atoms in total. The molecule has 0 spiro atoms. The van der Waals surface area contributed by atoms with Gasteiger partial charge in [0, 0.05) is 18.1 Å². The number of carbonyl (C=O) groups excluding carboxylic acids is 2. The van der Waals surface area contributed by atoms with Crippen LogP contribution in [0.4, 0.5) is 0 Å².